The van der Waals surface area contributed by atoms with Crippen molar-refractivity contribution in [1.29, 1.82) is 0 Å². The Morgan fingerprint density at radius 3 is 2.41 bits per heavy atom. The van der Waals surface area contributed by atoms with E-state index in [4.69, 9.17) is 15.9 Å². The van der Waals surface area contributed by atoms with Gasteiger partial charge in [-0.3, -0.25) is 14.5 Å². The van der Waals surface area contributed by atoms with E-state index >= 15 is 0 Å². The first-order chi connectivity index (χ1) is 16.3. The van der Waals surface area contributed by atoms with Crippen molar-refractivity contribution in [3.63, 3.8) is 0 Å². The van der Waals surface area contributed by atoms with Gasteiger partial charge in [-0.25, -0.2) is 9.37 Å². The molecule has 1 aromatic heterocycles. The molecule has 9 heteroatoms. The first-order valence-corrected chi connectivity index (χ1v) is 11.3. The summed E-state index contributed by atoms with van der Waals surface area (Å²) in [4.78, 5) is 34.8. The van der Waals surface area contributed by atoms with Gasteiger partial charge in [-0.1, -0.05) is 0 Å². The molecule has 3 aromatic rings. The first-order valence-electron chi connectivity index (χ1n) is 10.4. The molecular weight excluding hydrogens is 457 g/mol. The fourth-order valence-electron chi connectivity index (χ4n) is 4.00. The van der Waals surface area contributed by atoms with Crippen LogP contribution in [0.25, 0.3) is 0 Å². The molecule has 1 fully saturated rings. The van der Waals surface area contributed by atoms with Crippen molar-refractivity contribution in [3.8, 4) is 23.8 Å². The second-order valence-electron chi connectivity index (χ2n) is 7.85. The van der Waals surface area contributed by atoms with Crippen LogP contribution in [0.3, 0.4) is 0 Å². The van der Waals surface area contributed by atoms with E-state index in [9.17, 15) is 14.0 Å². The highest BCUT2D eigenvalue weighted by Gasteiger charge is 2.51. The third-order valence-corrected chi connectivity index (χ3v) is 6.58. The molecule has 1 saturated heterocycles. The zero-order valence-electron chi connectivity index (χ0n) is 18.9. The number of hydrogen-bond donors (Lipinski definition) is 0. The number of benzene rings is 2. The number of carbonyl (C=O) groups is 2. The maximum Gasteiger partial charge on any atom is 0.278 e. The third-order valence-electron chi connectivity index (χ3n) is 5.80. The maximum atomic E-state index is 13.8. The van der Waals surface area contributed by atoms with Gasteiger partial charge in [-0.05, 0) is 43.5 Å². The molecule has 7 nitrogen and oxygen atoms in total. The van der Waals surface area contributed by atoms with Crippen LogP contribution in [0.4, 0.5) is 15.8 Å². The molecule has 34 heavy (non-hydrogen) atoms. The third kappa shape index (κ3) is 4.08. The molecule has 2 aromatic carbocycles. The predicted octanol–water partition coefficient (Wildman–Crippen LogP) is 4.12. The fraction of sp³-hybridized carbons (Fsp3) is 0.240. The highest BCUT2D eigenvalue weighted by Crippen LogP contribution is 2.39. The lowest BCUT2D eigenvalue weighted by Gasteiger charge is -2.37. The number of rotatable bonds is 6. The Kier molecular flexibility index (Phi) is 6.26. The Morgan fingerprint density at radius 2 is 1.85 bits per heavy atom. The molecular formula is C25H22FN3O4S. The molecule has 0 bridgehead atoms. The van der Waals surface area contributed by atoms with Gasteiger partial charge in [-0.2, -0.15) is 0 Å². The molecule has 0 spiro atoms. The molecule has 0 N–H and O–H groups in total. The zero-order chi connectivity index (χ0) is 24.5. The number of carbonyl (C=O) groups excluding carboxylic acids is 2. The predicted molar refractivity (Wildman–Crippen MR) is 128 cm³/mol. The van der Waals surface area contributed by atoms with Crippen molar-refractivity contribution < 1.29 is 23.5 Å². The molecule has 2 heterocycles. The van der Waals surface area contributed by atoms with Gasteiger partial charge in [0.1, 0.15) is 28.5 Å². The van der Waals surface area contributed by atoms with Crippen LogP contribution in [-0.2, 0) is 4.79 Å². The minimum atomic E-state index is -1.26. The van der Waals surface area contributed by atoms with E-state index in [1.807, 2.05) is 0 Å². The van der Waals surface area contributed by atoms with E-state index in [0.29, 0.717) is 40.8 Å². The van der Waals surface area contributed by atoms with Gasteiger partial charge in [0, 0.05) is 35.8 Å². The van der Waals surface area contributed by atoms with Crippen molar-refractivity contribution in [1.82, 2.24) is 4.98 Å². The molecule has 2 amide bonds. The number of nitrogens with zero attached hydrogens (tertiary/aromatic N) is 3. The summed E-state index contributed by atoms with van der Waals surface area (Å²) in [6, 6.07) is 10.7. The number of ether oxygens (including phenoxy) is 2. The lowest BCUT2D eigenvalue weighted by atomic mass is 9.96. The van der Waals surface area contributed by atoms with Crippen molar-refractivity contribution >= 4 is 34.5 Å². The summed E-state index contributed by atoms with van der Waals surface area (Å²) in [7, 11) is 3.01. The van der Waals surface area contributed by atoms with Crippen LogP contribution < -0.4 is 19.3 Å². The lowest BCUT2D eigenvalue weighted by molar-refractivity contribution is -0.121. The van der Waals surface area contributed by atoms with E-state index < -0.39 is 17.3 Å². The van der Waals surface area contributed by atoms with Crippen LogP contribution in [0, 0.1) is 18.2 Å². The smallest absolute Gasteiger partial charge is 0.278 e. The van der Waals surface area contributed by atoms with E-state index in [0.717, 1.165) is 0 Å². The maximum absolute atomic E-state index is 13.8. The average molecular weight is 480 g/mol. The van der Waals surface area contributed by atoms with Gasteiger partial charge in [0.25, 0.3) is 11.8 Å². The van der Waals surface area contributed by atoms with E-state index in [1.54, 1.807) is 47.5 Å². The number of methoxy groups -OCH3 is 2. The standard InChI is InChI=1S/C25H22FN3O4S/c1-5-22-27-21(15-34-22)23(30)29(18-12-19(32-3)14-20(13-18)33-4)25(2)10-11-28(24(25)31)17-8-6-16(26)7-9-17/h1,6-9,12-15H,10-11H2,2-4H3. The van der Waals surface area contributed by atoms with Gasteiger partial charge < -0.3 is 14.4 Å². The molecule has 0 aliphatic carbocycles. The number of thiazole rings is 1. The Hall–Kier alpha value is -3.90. The van der Waals surface area contributed by atoms with Crippen molar-refractivity contribution in [2.45, 2.75) is 18.9 Å². The monoisotopic (exact) mass is 479 g/mol. The lowest BCUT2D eigenvalue weighted by Crippen LogP contribution is -2.55. The average Bonchev–Trinajstić information content (AvgIpc) is 3.45. The molecule has 4 rings (SSSR count). The highest BCUT2D eigenvalue weighted by molar-refractivity contribution is 7.10. The highest BCUT2D eigenvalue weighted by atomic mass is 32.1. The normalized spacial score (nSPS) is 17.4. The Balaban J connectivity index is 1.82. The molecule has 1 atom stereocenters. The van der Waals surface area contributed by atoms with Gasteiger partial charge in [-0.15, -0.1) is 17.8 Å². The molecule has 0 radical (unpaired) electrons. The zero-order valence-corrected chi connectivity index (χ0v) is 19.7. The minimum Gasteiger partial charge on any atom is -0.497 e. The molecule has 1 unspecified atom stereocenters. The Labute approximate surface area is 200 Å². The topological polar surface area (TPSA) is 72.0 Å². The fourth-order valence-corrected chi connectivity index (χ4v) is 4.60. The molecule has 1 aliphatic rings. The summed E-state index contributed by atoms with van der Waals surface area (Å²) >= 11 is 1.17. The number of halogens is 1. The SMILES string of the molecule is C#Cc1nc(C(=O)N(c2cc(OC)cc(OC)c2)C2(C)CCN(c3ccc(F)cc3)C2=O)cs1. The van der Waals surface area contributed by atoms with E-state index in [1.165, 1.54) is 42.6 Å². The number of hydrogen-bond acceptors (Lipinski definition) is 6. The summed E-state index contributed by atoms with van der Waals surface area (Å²) < 4.78 is 24.2. The van der Waals surface area contributed by atoms with Crippen LogP contribution in [0.15, 0.2) is 47.8 Å². The molecule has 0 saturated carbocycles. The summed E-state index contributed by atoms with van der Waals surface area (Å²) in [5, 5.41) is 1.94. The van der Waals surface area contributed by atoms with Crippen molar-refractivity contribution in [2.75, 3.05) is 30.6 Å². The van der Waals surface area contributed by atoms with E-state index in [-0.39, 0.29) is 11.6 Å². The molecule has 174 valence electrons. The number of amides is 2. The summed E-state index contributed by atoms with van der Waals surface area (Å²) in [5.41, 5.74) is -0.167. The van der Waals surface area contributed by atoms with Crippen LogP contribution in [0.5, 0.6) is 11.5 Å². The minimum absolute atomic E-state index is 0.133. The van der Waals surface area contributed by atoms with Gasteiger partial charge >= 0.3 is 0 Å². The van der Waals surface area contributed by atoms with Crippen molar-refractivity contribution in [3.05, 3.63) is 64.4 Å². The van der Waals surface area contributed by atoms with Gasteiger partial charge in [0.05, 0.1) is 19.9 Å². The number of aromatic nitrogens is 1. The van der Waals surface area contributed by atoms with Gasteiger partial charge in [0.15, 0.2) is 5.01 Å². The van der Waals surface area contributed by atoms with Crippen LogP contribution >= 0.6 is 11.3 Å². The van der Waals surface area contributed by atoms with Crippen LogP contribution in [-0.4, -0.2) is 43.1 Å². The van der Waals surface area contributed by atoms with Crippen molar-refractivity contribution in [2.24, 2.45) is 0 Å². The largest absolute Gasteiger partial charge is 0.497 e. The summed E-state index contributed by atoms with van der Waals surface area (Å²) in [5.74, 6) is 2.16. The Bertz CT molecular complexity index is 1260. The summed E-state index contributed by atoms with van der Waals surface area (Å²) in [6.07, 6.45) is 5.78. The summed E-state index contributed by atoms with van der Waals surface area (Å²) in [6.45, 7) is 2.05. The number of anilines is 2. The molecule has 1 aliphatic heterocycles. The van der Waals surface area contributed by atoms with E-state index in [2.05, 4.69) is 10.9 Å². The second-order valence-corrected chi connectivity index (χ2v) is 8.71. The quantitative estimate of drug-likeness (QED) is 0.498. The van der Waals surface area contributed by atoms with Gasteiger partial charge in [0.2, 0.25) is 0 Å². The Morgan fingerprint density at radius 1 is 1.21 bits per heavy atom. The van der Waals surface area contributed by atoms with Crippen LogP contribution in [0.1, 0.15) is 28.8 Å². The number of terminal acetylenes is 1. The second kappa shape index (κ2) is 9.15. The van der Waals surface area contributed by atoms with Crippen LogP contribution in [0.2, 0.25) is 0 Å². The first kappa shape index (κ1) is 23.3.